The van der Waals surface area contributed by atoms with Crippen molar-refractivity contribution >= 4 is 37.4 Å². The number of hydrogen-bond acceptors (Lipinski definition) is 9. The molecule has 15 heteroatoms. The van der Waals surface area contributed by atoms with Gasteiger partial charge in [0.2, 0.25) is 10.0 Å². The number of nitro groups is 1. The number of hydrogen-bond donors (Lipinski definition) is 3. The predicted molar refractivity (Wildman–Crippen MR) is 149 cm³/mol. The fraction of sp³-hybridized carbons (Fsp3) is 0.0370. The lowest BCUT2D eigenvalue weighted by Crippen LogP contribution is -2.23. The molecule has 0 spiro atoms. The minimum Gasteiger partial charge on any atom is -0.478 e. The molecule has 0 atom stereocenters. The molecule has 0 unspecified atom stereocenters. The Kier molecular flexibility index (Phi) is 8.52. The number of nitrogens with one attached hydrogen (secondary N) is 2. The van der Waals surface area contributed by atoms with E-state index in [-0.39, 0.29) is 33.5 Å². The van der Waals surface area contributed by atoms with Gasteiger partial charge in [-0.15, -0.1) is 0 Å². The molecular weight excluding hydrogens is 588 g/mol. The summed E-state index contributed by atoms with van der Waals surface area (Å²) < 4.78 is 60.8. The van der Waals surface area contributed by atoms with Gasteiger partial charge in [0.05, 0.1) is 37.6 Å². The molecule has 0 aliphatic heterocycles. The number of nitriles is 1. The number of carboxylic acids is 1. The summed E-state index contributed by atoms with van der Waals surface area (Å²) in [5.41, 5.74) is -0.0380. The molecule has 0 fully saturated rings. The average molecular weight is 609 g/mol. The first-order valence-corrected chi connectivity index (χ1v) is 14.8. The molecule has 4 aromatic carbocycles. The molecule has 214 valence electrons. The Bertz CT molecular complexity index is 1900. The zero-order chi connectivity index (χ0) is 30.5. The van der Waals surface area contributed by atoms with E-state index in [0.29, 0.717) is 16.9 Å². The van der Waals surface area contributed by atoms with Crippen LogP contribution in [0.15, 0.2) is 101 Å². The Morgan fingerprint density at radius 3 is 2.00 bits per heavy atom. The molecule has 0 saturated carbocycles. The van der Waals surface area contributed by atoms with E-state index in [2.05, 4.69) is 9.44 Å². The summed E-state index contributed by atoms with van der Waals surface area (Å²) >= 11 is 0. The van der Waals surface area contributed by atoms with Crippen LogP contribution < -0.4 is 14.2 Å². The van der Waals surface area contributed by atoms with Gasteiger partial charge in [0.25, 0.3) is 15.7 Å². The van der Waals surface area contributed by atoms with Gasteiger partial charge in [-0.25, -0.2) is 26.4 Å². The van der Waals surface area contributed by atoms with Gasteiger partial charge in [-0.05, 0) is 72.3 Å². The monoisotopic (exact) mass is 608 g/mol. The minimum atomic E-state index is -4.26. The van der Waals surface area contributed by atoms with Crippen LogP contribution in [0.1, 0.15) is 21.5 Å². The standard InChI is InChI=1S/C27H20N4O9S2/c28-16-18-3-10-23(11-4-18)41(36,37)29-17-19-1-7-21(8-2-19)40-22-9-14-26(25(15-22)27(32)33)30-42(38,39)24-12-5-20(6-13-24)31(34)35/h1-15,29-30H,17H2,(H,32,33). The fourth-order valence-electron chi connectivity index (χ4n) is 3.59. The molecule has 0 amide bonds. The number of non-ortho nitro benzene ring substituents is 1. The van der Waals surface area contributed by atoms with Crippen LogP contribution in [0.3, 0.4) is 0 Å². The van der Waals surface area contributed by atoms with Gasteiger partial charge in [-0.1, -0.05) is 12.1 Å². The lowest BCUT2D eigenvalue weighted by atomic mass is 10.1. The van der Waals surface area contributed by atoms with E-state index in [1.54, 1.807) is 12.1 Å². The molecular formula is C27H20N4O9S2. The lowest BCUT2D eigenvalue weighted by molar-refractivity contribution is -0.384. The third-order valence-electron chi connectivity index (χ3n) is 5.74. The van der Waals surface area contributed by atoms with Crippen LogP contribution in [0.5, 0.6) is 11.5 Å². The van der Waals surface area contributed by atoms with Crippen molar-refractivity contribution in [3.8, 4) is 17.6 Å². The molecule has 42 heavy (non-hydrogen) atoms. The Morgan fingerprint density at radius 1 is 0.857 bits per heavy atom. The minimum absolute atomic E-state index is 0.00849. The van der Waals surface area contributed by atoms with E-state index < -0.39 is 36.5 Å². The summed E-state index contributed by atoms with van der Waals surface area (Å²) in [6, 6.07) is 21.4. The maximum atomic E-state index is 12.7. The summed E-state index contributed by atoms with van der Waals surface area (Å²) in [5, 5.41) is 29.3. The molecule has 0 radical (unpaired) electrons. The van der Waals surface area contributed by atoms with Crippen LogP contribution in [0.2, 0.25) is 0 Å². The van der Waals surface area contributed by atoms with Gasteiger partial charge >= 0.3 is 5.97 Å². The Hall–Kier alpha value is -5.30. The van der Waals surface area contributed by atoms with E-state index in [4.69, 9.17) is 10.00 Å². The molecule has 0 bridgehead atoms. The molecule has 0 aliphatic carbocycles. The highest BCUT2D eigenvalue weighted by Gasteiger charge is 2.21. The van der Waals surface area contributed by atoms with E-state index >= 15 is 0 Å². The molecule has 13 nitrogen and oxygen atoms in total. The normalized spacial score (nSPS) is 11.3. The van der Waals surface area contributed by atoms with Crippen molar-refractivity contribution in [3.05, 3.63) is 118 Å². The molecule has 4 aromatic rings. The third kappa shape index (κ3) is 7.06. The number of nitrogens with zero attached hydrogens (tertiary/aromatic N) is 2. The zero-order valence-corrected chi connectivity index (χ0v) is 22.9. The smallest absolute Gasteiger partial charge is 0.337 e. The van der Waals surface area contributed by atoms with Crippen LogP contribution in [-0.2, 0) is 26.6 Å². The number of sulfonamides is 2. The van der Waals surface area contributed by atoms with Crippen molar-refractivity contribution in [2.45, 2.75) is 16.3 Å². The van der Waals surface area contributed by atoms with Gasteiger partial charge < -0.3 is 9.84 Å². The highest BCUT2D eigenvalue weighted by molar-refractivity contribution is 7.92. The van der Waals surface area contributed by atoms with Gasteiger partial charge in [-0.2, -0.15) is 5.26 Å². The van der Waals surface area contributed by atoms with Crippen molar-refractivity contribution in [2.24, 2.45) is 0 Å². The molecule has 4 rings (SSSR count). The predicted octanol–water partition coefficient (Wildman–Crippen LogP) is 4.24. The number of aromatic carboxylic acids is 1. The van der Waals surface area contributed by atoms with E-state index in [1.807, 2.05) is 6.07 Å². The second-order valence-electron chi connectivity index (χ2n) is 8.58. The summed E-state index contributed by atoms with van der Waals surface area (Å²) in [6.07, 6.45) is 0. The van der Waals surface area contributed by atoms with Gasteiger partial charge in [0, 0.05) is 18.7 Å². The largest absolute Gasteiger partial charge is 0.478 e. The van der Waals surface area contributed by atoms with E-state index in [0.717, 1.165) is 30.3 Å². The Morgan fingerprint density at radius 2 is 1.43 bits per heavy atom. The number of carbonyl (C=O) groups is 1. The SMILES string of the molecule is N#Cc1ccc(S(=O)(=O)NCc2ccc(Oc3ccc(NS(=O)(=O)c4ccc([N+](=O)[O-])cc4)c(C(=O)O)c3)cc2)cc1. The maximum absolute atomic E-state index is 12.7. The number of carboxylic acid groups (broad SMARTS) is 1. The first kappa shape index (κ1) is 29.7. The van der Waals surface area contributed by atoms with Crippen molar-refractivity contribution in [1.82, 2.24) is 4.72 Å². The molecule has 0 heterocycles. The van der Waals surface area contributed by atoms with Crippen molar-refractivity contribution < 1.29 is 36.4 Å². The quantitative estimate of drug-likeness (QED) is 0.163. The van der Waals surface area contributed by atoms with Crippen LogP contribution in [0.25, 0.3) is 0 Å². The van der Waals surface area contributed by atoms with Gasteiger partial charge in [-0.3, -0.25) is 14.8 Å². The van der Waals surface area contributed by atoms with E-state index in [9.17, 15) is 36.9 Å². The van der Waals surface area contributed by atoms with Crippen LogP contribution in [-0.4, -0.2) is 32.8 Å². The highest BCUT2D eigenvalue weighted by atomic mass is 32.2. The Balaban J connectivity index is 1.44. The van der Waals surface area contributed by atoms with Gasteiger partial charge in [0.1, 0.15) is 11.5 Å². The van der Waals surface area contributed by atoms with Crippen molar-refractivity contribution in [2.75, 3.05) is 4.72 Å². The second kappa shape index (κ2) is 12.1. The molecule has 0 aliphatic rings. The topological polar surface area (TPSA) is 206 Å². The average Bonchev–Trinajstić information content (AvgIpc) is 2.97. The third-order valence-corrected chi connectivity index (χ3v) is 8.54. The number of nitro benzene ring substituents is 1. The molecule has 3 N–H and O–H groups in total. The van der Waals surface area contributed by atoms with Crippen molar-refractivity contribution in [1.29, 1.82) is 5.26 Å². The first-order chi connectivity index (χ1) is 19.9. The first-order valence-electron chi connectivity index (χ1n) is 11.8. The highest BCUT2D eigenvalue weighted by Crippen LogP contribution is 2.29. The number of anilines is 1. The summed E-state index contributed by atoms with van der Waals surface area (Å²) in [6.45, 7) is -0.0324. The van der Waals surface area contributed by atoms with Crippen molar-refractivity contribution in [3.63, 3.8) is 0 Å². The number of rotatable bonds is 11. The van der Waals surface area contributed by atoms with Crippen LogP contribution in [0.4, 0.5) is 11.4 Å². The Labute approximate surface area is 239 Å². The van der Waals surface area contributed by atoms with Crippen LogP contribution in [0, 0.1) is 21.4 Å². The zero-order valence-electron chi connectivity index (χ0n) is 21.3. The number of ether oxygens (including phenoxy) is 1. The summed E-state index contributed by atoms with van der Waals surface area (Å²) in [5.74, 6) is -1.06. The molecule has 0 aromatic heterocycles. The maximum Gasteiger partial charge on any atom is 0.337 e. The fourth-order valence-corrected chi connectivity index (χ4v) is 5.68. The van der Waals surface area contributed by atoms with Gasteiger partial charge in [0.15, 0.2) is 0 Å². The number of benzene rings is 4. The summed E-state index contributed by atoms with van der Waals surface area (Å²) in [7, 11) is -8.08. The van der Waals surface area contributed by atoms with Crippen LogP contribution >= 0.6 is 0 Å². The van der Waals surface area contributed by atoms with E-state index in [1.165, 1.54) is 48.5 Å². The lowest BCUT2D eigenvalue weighted by Gasteiger charge is -2.13. The second-order valence-corrected chi connectivity index (χ2v) is 12.0. The summed E-state index contributed by atoms with van der Waals surface area (Å²) in [4.78, 5) is 21.7. The molecule has 0 saturated heterocycles.